The Kier molecular flexibility index (Phi) is 7.15. The minimum absolute atomic E-state index is 0.0865. The van der Waals surface area contributed by atoms with Crippen molar-refractivity contribution in [2.75, 3.05) is 13.2 Å². The Balaban J connectivity index is 1.52. The lowest BCUT2D eigenvalue weighted by molar-refractivity contribution is -0.385. The fourth-order valence-corrected chi connectivity index (χ4v) is 7.16. The van der Waals surface area contributed by atoms with Crippen molar-refractivity contribution in [1.29, 1.82) is 0 Å². The molecule has 6 atom stereocenters. The number of aliphatic hydroxyl groups is 2. The van der Waals surface area contributed by atoms with Crippen molar-refractivity contribution in [3.8, 4) is 11.8 Å². The van der Waals surface area contributed by atoms with Crippen LogP contribution in [0.2, 0.25) is 0 Å². The third-order valence-corrected chi connectivity index (χ3v) is 8.79. The second-order valence-corrected chi connectivity index (χ2v) is 10.5. The van der Waals surface area contributed by atoms with E-state index in [1.807, 2.05) is 0 Å². The number of fused-ring (bicyclic) bond motifs is 2. The van der Waals surface area contributed by atoms with Crippen LogP contribution in [0.3, 0.4) is 0 Å². The van der Waals surface area contributed by atoms with Gasteiger partial charge in [-0.25, -0.2) is 0 Å². The van der Waals surface area contributed by atoms with Gasteiger partial charge in [0.2, 0.25) is 0 Å². The average Bonchev–Trinajstić information content (AvgIpc) is 3.28. The van der Waals surface area contributed by atoms with Crippen LogP contribution in [0, 0.1) is 40.9 Å². The van der Waals surface area contributed by atoms with Crippen LogP contribution >= 0.6 is 0 Å². The molecular formula is C26H42O4. The van der Waals surface area contributed by atoms with Crippen LogP contribution < -0.4 is 0 Å². The molecule has 3 aliphatic carbocycles. The van der Waals surface area contributed by atoms with Crippen molar-refractivity contribution in [3.63, 3.8) is 0 Å². The van der Waals surface area contributed by atoms with E-state index >= 15 is 0 Å². The first-order chi connectivity index (χ1) is 14.5. The molecule has 4 heteroatoms. The molecule has 0 aromatic heterocycles. The maximum absolute atomic E-state index is 10.9. The molecule has 2 N–H and O–H groups in total. The summed E-state index contributed by atoms with van der Waals surface area (Å²) in [5, 5.41) is 21.6. The van der Waals surface area contributed by atoms with E-state index in [9.17, 15) is 10.2 Å². The van der Waals surface area contributed by atoms with Gasteiger partial charge in [-0.2, -0.15) is 0 Å². The summed E-state index contributed by atoms with van der Waals surface area (Å²) in [6.07, 6.45) is 12.5. The summed E-state index contributed by atoms with van der Waals surface area (Å²) in [4.78, 5) is 0. The molecule has 0 radical (unpaired) electrons. The molecule has 1 aliphatic heterocycles. The summed E-state index contributed by atoms with van der Waals surface area (Å²) < 4.78 is 12.6. The summed E-state index contributed by atoms with van der Waals surface area (Å²) in [5.41, 5.74) is -0.0900. The quantitative estimate of drug-likeness (QED) is 0.486. The number of aliphatic hydroxyl groups excluding tert-OH is 2. The van der Waals surface area contributed by atoms with Crippen LogP contribution in [0.1, 0.15) is 90.9 Å². The van der Waals surface area contributed by atoms with Gasteiger partial charge >= 0.3 is 0 Å². The predicted octanol–water partition coefficient (Wildman–Crippen LogP) is 4.67. The van der Waals surface area contributed by atoms with E-state index in [-0.39, 0.29) is 17.3 Å². The zero-order chi connectivity index (χ0) is 21.2. The van der Waals surface area contributed by atoms with Gasteiger partial charge in [0.25, 0.3) is 0 Å². The Morgan fingerprint density at radius 2 is 1.77 bits per heavy atom. The fraction of sp³-hybridized carbons (Fsp3) is 0.923. The van der Waals surface area contributed by atoms with Gasteiger partial charge in [0.05, 0.1) is 25.2 Å². The van der Waals surface area contributed by atoms with Gasteiger partial charge in [-0.05, 0) is 43.9 Å². The standard InChI is InChI=1S/C26H42O4/c1-3-4-5-9-12-21-24-20(13-14-22(27)19-10-7-6-8-11-19)23(28)15-16-25(24,2)26(21)29-17-18-30-26/h19-24,27-28H,3-12,15-18H2,1-2H3/t20-,21?,22+,23+,24-,25-/m0/s1. The van der Waals surface area contributed by atoms with E-state index in [1.54, 1.807) is 0 Å². The number of ether oxygens (including phenoxy) is 2. The summed E-state index contributed by atoms with van der Waals surface area (Å²) in [6.45, 7) is 5.88. The van der Waals surface area contributed by atoms with Crippen LogP contribution in [0.5, 0.6) is 0 Å². The first-order valence-electron chi connectivity index (χ1n) is 12.7. The summed E-state index contributed by atoms with van der Waals surface area (Å²) >= 11 is 0. The molecule has 4 fully saturated rings. The van der Waals surface area contributed by atoms with Crippen molar-refractivity contribution in [2.45, 2.75) is 109 Å². The van der Waals surface area contributed by atoms with Crippen LogP contribution in [-0.4, -0.2) is 41.4 Å². The molecule has 4 rings (SSSR count). The lowest BCUT2D eigenvalue weighted by Gasteiger charge is -2.69. The van der Waals surface area contributed by atoms with Gasteiger partial charge < -0.3 is 19.7 Å². The highest BCUT2D eigenvalue weighted by molar-refractivity contribution is 5.24. The normalized spacial score (nSPS) is 39.1. The monoisotopic (exact) mass is 418 g/mol. The van der Waals surface area contributed by atoms with Gasteiger partial charge in [-0.3, -0.25) is 0 Å². The van der Waals surface area contributed by atoms with Gasteiger partial charge in [-0.15, -0.1) is 0 Å². The van der Waals surface area contributed by atoms with E-state index in [0.29, 0.717) is 25.0 Å². The number of hydrogen-bond donors (Lipinski definition) is 2. The number of rotatable bonds is 6. The highest BCUT2D eigenvalue weighted by atomic mass is 16.7. The molecule has 3 saturated carbocycles. The average molecular weight is 419 g/mol. The van der Waals surface area contributed by atoms with Gasteiger partial charge in [-0.1, -0.05) is 70.6 Å². The third kappa shape index (κ3) is 3.85. The molecule has 4 aliphatic rings. The lowest BCUT2D eigenvalue weighted by atomic mass is 9.41. The molecule has 30 heavy (non-hydrogen) atoms. The summed E-state index contributed by atoms with van der Waals surface area (Å²) in [5.74, 6) is 6.91. The zero-order valence-electron chi connectivity index (χ0n) is 19.1. The van der Waals surface area contributed by atoms with Crippen LogP contribution in [0.25, 0.3) is 0 Å². The fourth-order valence-electron chi connectivity index (χ4n) is 7.16. The Morgan fingerprint density at radius 1 is 1.03 bits per heavy atom. The summed E-state index contributed by atoms with van der Waals surface area (Å²) in [6, 6.07) is 0. The molecule has 0 aromatic rings. The Hall–Kier alpha value is -0.600. The smallest absolute Gasteiger partial charge is 0.177 e. The maximum atomic E-state index is 10.9. The lowest BCUT2D eigenvalue weighted by Crippen LogP contribution is -2.74. The summed E-state index contributed by atoms with van der Waals surface area (Å²) in [7, 11) is 0. The van der Waals surface area contributed by atoms with Crippen molar-refractivity contribution < 1.29 is 19.7 Å². The van der Waals surface area contributed by atoms with Crippen LogP contribution in [-0.2, 0) is 9.47 Å². The SMILES string of the molecule is CCCCCCC1[C@@H]2[C@@H](C#C[C@@H](O)C3CCCCC3)[C@H](O)CC[C@]2(C)C12OCCO2. The molecule has 1 heterocycles. The highest BCUT2D eigenvalue weighted by Crippen LogP contribution is 2.70. The Morgan fingerprint density at radius 3 is 2.47 bits per heavy atom. The number of unbranched alkanes of at least 4 members (excludes halogenated alkanes) is 3. The van der Waals surface area contributed by atoms with Crippen LogP contribution in [0.4, 0.5) is 0 Å². The van der Waals surface area contributed by atoms with E-state index < -0.39 is 18.0 Å². The maximum Gasteiger partial charge on any atom is 0.177 e. The van der Waals surface area contributed by atoms with Crippen LogP contribution in [0.15, 0.2) is 0 Å². The van der Waals surface area contributed by atoms with Gasteiger partial charge in [0.1, 0.15) is 6.10 Å². The minimum atomic E-state index is -0.554. The van der Waals surface area contributed by atoms with E-state index in [1.165, 1.54) is 44.9 Å². The second-order valence-electron chi connectivity index (χ2n) is 10.5. The van der Waals surface area contributed by atoms with E-state index in [4.69, 9.17) is 9.47 Å². The number of hydrogen-bond acceptors (Lipinski definition) is 4. The molecule has 0 aromatic carbocycles. The molecule has 1 spiro atoms. The Labute approximate surface area is 183 Å². The zero-order valence-corrected chi connectivity index (χ0v) is 19.1. The molecule has 1 saturated heterocycles. The molecule has 1 unspecified atom stereocenters. The van der Waals surface area contributed by atoms with E-state index in [2.05, 4.69) is 25.7 Å². The minimum Gasteiger partial charge on any atom is -0.392 e. The topological polar surface area (TPSA) is 58.9 Å². The molecular weight excluding hydrogens is 376 g/mol. The van der Waals surface area contributed by atoms with Crippen molar-refractivity contribution in [2.24, 2.45) is 29.1 Å². The first kappa shape index (κ1) is 22.6. The molecule has 0 bridgehead atoms. The molecule has 0 amide bonds. The predicted molar refractivity (Wildman–Crippen MR) is 118 cm³/mol. The largest absolute Gasteiger partial charge is 0.392 e. The van der Waals surface area contributed by atoms with Gasteiger partial charge in [0.15, 0.2) is 5.79 Å². The van der Waals surface area contributed by atoms with Crippen molar-refractivity contribution in [1.82, 2.24) is 0 Å². The first-order valence-corrected chi connectivity index (χ1v) is 12.7. The second kappa shape index (κ2) is 9.49. The van der Waals surface area contributed by atoms with Crippen molar-refractivity contribution >= 4 is 0 Å². The van der Waals surface area contributed by atoms with Gasteiger partial charge in [0, 0.05) is 11.3 Å². The Bertz CT molecular complexity index is 625. The van der Waals surface area contributed by atoms with Crippen molar-refractivity contribution in [3.05, 3.63) is 0 Å². The highest BCUT2D eigenvalue weighted by Gasteiger charge is 2.75. The molecule has 4 nitrogen and oxygen atoms in total. The van der Waals surface area contributed by atoms with E-state index in [0.717, 1.165) is 32.1 Å². The third-order valence-electron chi connectivity index (χ3n) is 8.79. The molecule has 170 valence electrons.